The number of ether oxygens (including phenoxy) is 1. The molecule has 0 fully saturated rings. The smallest absolute Gasteiger partial charge is 0.161 e. The van der Waals surface area contributed by atoms with E-state index in [2.05, 4.69) is 19.2 Å². The summed E-state index contributed by atoms with van der Waals surface area (Å²) in [6.45, 7) is 3.66. The highest BCUT2D eigenvalue weighted by Gasteiger charge is 2.08. The summed E-state index contributed by atoms with van der Waals surface area (Å²) in [7, 11) is 1.54. The molecule has 2 nitrogen and oxygen atoms in total. The Morgan fingerprint density at radius 1 is 1.50 bits per heavy atom. The monoisotopic (exact) mass is 236 g/mol. The Hall–Kier alpha value is -1.35. The van der Waals surface area contributed by atoms with Crippen molar-refractivity contribution >= 4 is 18.7 Å². The van der Waals surface area contributed by atoms with E-state index in [1.54, 1.807) is 19.3 Å². The Morgan fingerprint density at radius 2 is 2.25 bits per heavy atom. The summed E-state index contributed by atoms with van der Waals surface area (Å²) < 4.78 is 5.12. The van der Waals surface area contributed by atoms with Crippen molar-refractivity contribution in [2.24, 2.45) is 0 Å². The predicted octanol–water partition coefficient (Wildman–Crippen LogP) is 3.07. The van der Waals surface area contributed by atoms with E-state index in [1.165, 1.54) is 0 Å². The maximum atomic E-state index is 9.86. The normalized spacial score (nSPS) is 10.6. The minimum atomic E-state index is 0.186. The van der Waals surface area contributed by atoms with Crippen LogP contribution in [0.1, 0.15) is 11.1 Å². The number of hydrogen-bond donors (Lipinski definition) is 2. The topological polar surface area (TPSA) is 29.5 Å². The zero-order valence-electron chi connectivity index (χ0n) is 9.31. The third-order valence-corrected chi connectivity index (χ3v) is 2.39. The van der Waals surface area contributed by atoms with Crippen molar-refractivity contribution in [1.82, 2.24) is 0 Å². The van der Waals surface area contributed by atoms with Crippen LogP contribution in [0.25, 0.3) is 6.08 Å². The maximum Gasteiger partial charge on any atom is 0.161 e. The van der Waals surface area contributed by atoms with Crippen LogP contribution in [0.15, 0.2) is 30.9 Å². The predicted molar refractivity (Wildman–Crippen MR) is 71.4 cm³/mol. The van der Waals surface area contributed by atoms with Gasteiger partial charge in [-0.1, -0.05) is 18.2 Å². The maximum absolute atomic E-state index is 9.86. The molecule has 1 aromatic rings. The average Bonchev–Trinajstić information content (AvgIpc) is 2.30. The number of benzene rings is 1. The van der Waals surface area contributed by atoms with Crippen molar-refractivity contribution < 1.29 is 9.84 Å². The van der Waals surface area contributed by atoms with E-state index in [0.717, 1.165) is 11.1 Å². The van der Waals surface area contributed by atoms with Gasteiger partial charge in [-0.25, -0.2) is 0 Å². The average molecular weight is 236 g/mol. The second-order valence-electron chi connectivity index (χ2n) is 3.31. The van der Waals surface area contributed by atoms with E-state index in [1.807, 2.05) is 18.2 Å². The molecule has 0 saturated carbocycles. The SMILES string of the molecule is C=CCc1cc(/C=C/CS)cc(OC)c1O. The lowest BCUT2D eigenvalue weighted by Crippen LogP contribution is -1.90. The van der Waals surface area contributed by atoms with Gasteiger partial charge < -0.3 is 9.84 Å². The van der Waals surface area contributed by atoms with Gasteiger partial charge in [-0.15, -0.1) is 6.58 Å². The zero-order valence-corrected chi connectivity index (χ0v) is 10.2. The van der Waals surface area contributed by atoms with E-state index in [0.29, 0.717) is 17.9 Å². The number of phenols is 1. The fourth-order valence-electron chi connectivity index (χ4n) is 1.44. The molecule has 0 heterocycles. The van der Waals surface area contributed by atoms with Crippen LogP contribution in [0.2, 0.25) is 0 Å². The molecule has 0 unspecified atom stereocenters. The van der Waals surface area contributed by atoms with E-state index in [-0.39, 0.29) is 5.75 Å². The summed E-state index contributed by atoms with van der Waals surface area (Å²) in [6, 6.07) is 3.71. The fourth-order valence-corrected chi connectivity index (χ4v) is 1.55. The van der Waals surface area contributed by atoms with Gasteiger partial charge in [0.15, 0.2) is 11.5 Å². The largest absolute Gasteiger partial charge is 0.504 e. The lowest BCUT2D eigenvalue weighted by molar-refractivity contribution is 0.371. The number of rotatable bonds is 5. The van der Waals surface area contributed by atoms with Gasteiger partial charge in [0.05, 0.1) is 7.11 Å². The molecule has 1 aromatic carbocycles. The van der Waals surface area contributed by atoms with Crippen molar-refractivity contribution in [3.8, 4) is 11.5 Å². The molecule has 3 heteroatoms. The third kappa shape index (κ3) is 3.07. The first-order valence-corrected chi connectivity index (χ1v) is 5.64. The molecule has 86 valence electrons. The first kappa shape index (κ1) is 12.7. The fraction of sp³-hybridized carbons (Fsp3) is 0.231. The number of aromatic hydroxyl groups is 1. The molecule has 0 saturated heterocycles. The molecule has 0 aliphatic rings. The quantitative estimate of drug-likeness (QED) is 0.608. The van der Waals surface area contributed by atoms with Gasteiger partial charge in [-0.05, 0) is 24.1 Å². The number of hydrogen-bond acceptors (Lipinski definition) is 3. The molecule has 0 aromatic heterocycles. The molecule has 0 bridgehead atoms. The number of thiol groups is 1. The Balaban J connectivity index is 3.16. The van der Waals surface area contributed by atoms with Crippen molar-refractivity contribution in [1.29, 1.82) is 0 Å². The van der Waals surface area contributed by atoms with Crippen molar-refractivity contribution in [3.05, 3.63) is 42.0 Å². The van der Waals surface area contributed by atoms with Crippen LogP contribution in [-0.2, 0) is 6.42 Å². The lowest BCUT2D eigenvalue weighted by Gasteiger charge is -2.09. The van der Waals surface area contributed by atoms with E-state index in [9.17, 15) is 5.11 Å². The van der Waals surface area contributed by atoms with Crippen LogP contribution in [0, 0.1) is 0 Å². The van der Waals surface area contributed by atoms with Gasteiger partial charge in [0.2, 0.25) is 0 Å². The summed E-state index contributed by atoms with van der Waals surface area (Å²) in [5, 5.41) is 9.86. The summed E-state index contributed by atoms with van der Waals surface area (Å²) >= 11 is 4.10. The molecule has 0 spiro atoms. The highest BCUT2D eigenvalue weighted by atomic mass is 32.1. The van der Waals surface area contributed by atoms with Crippen molar-refractivity contribution in [3.63, 3.8) is 0 Å². The molecule has 0 radical (unpaired) electrons. The molecule has 1 rings (SSSR count). The van der Waals surface area contributed by atoms with Gasteiger partial charge in [-0.2, -0.15) is 12.6 Å². The minimum absolute atomic E-state index is 0.186. The molecule has 1 N–H and O–H groups in total. The van der Waals surface area contributed by atoms with Crippen LogP contribution in [0.5, 0.6) is 11.5 Å². The second-order valence-corrected chi connectivity index (χ2v) is 3.67. The first-order chi connectivity index (χ1) is 7.72. The molecule has 0 aliphatic carbocycles. The Morgan fingerprint density at radius 3 is 2.81 bits per heavy atom. The molecular weight excluding hydrogens is 220 g/mol. The summed E-state index contributed by atoms with van der Waals surface area (Å²) in [6.07, 6.45) is 6.25. The van der Waals surface area contributed by atoms with Gasteiger partial charge in [0.25, 0.3) is 0 Å². The Kier molecular flexibility index (Phi) is 4.99. The van der Waals surface area contributed by atoms with Crippen molar-refractivity contribution in [2.75, 3.05) is 12.9 Å². The standard InChI is InChI=1S/C13H16O2S/c1-3-5-11-8-10(6-4-7-16)9-12(15-2)13(11)14/h3-4,6,8-9,14,16H,1,5,7H2,2H3/b6-4+. The first-order valence-electron chi connectivity index (χ1n) is 5.01. The van der Waals surface area contributed by atoms with Crippen LogP contribution in [-0.4, -0.2) is 18.0 Å². The Labute approximate surface area is 102 Å². The van der Waals surface area contributed by atoms with E-state index < -0.39 is 0 Å². The van der Waals surface area contributed by atoms with Gasteiger partial charge in [0.1, 0.15) is 0 Å². The van der Waals surface area contributed by atoms with Crippen LogP contribution < -0.4 is 4.74 Å². The highest BCUT2D eigenvalue weighted by molar-refractivity contribution is 7.80. The summed E-state index contributed by atoms with van der Waals surface area (Å²) in [5.41, 5.74) is 1.80. The van der Waals surface area contributed by atoms with Crippen LogP contribution in [0.3, 0.4) is 0 Å². The molecule has 0 aliphatic heterocycles. The number of phenolic OH excluding ortho intramolecular Hbond substituents is 1. The summed E-state index contributed by atoms with van der Waals surface area (Å²) in [4.78, 5) is 0. The molecular formula is C13H16O2S. The van der Waals surface area contributed by atoms with Crippen molar-refractivity contribution in [2.45, 2.75) is 6.42 Å². The summed E-state index contributed by atoms with van der Waals surface area (Å²) in [5.74, 6) is 1.35. The zero-order chi connectivity index (χ0) is 12.0. The number of methoxy groups -OCH3 is 1. The van der Waals surface area contributed by atoms with Crippen LogP contribution >= 0.6 is 12.6 Å². The molecule has 0 atom stereocenters. The van der Waals surface area contributed by atoms with Gasteiger partial charge >= 0.3 is 0 Å². The van der Waals surface area contributed by atoms with E-state index in [4.69, 9.17) is 4.74 Å². The third-order valence-electron chi connectivity index (χ3n) is 2.18. The van der Waals surface area contributed by atoms with Crippen LogP contribution in [0.4, 0.5) is 0 Å². The molecule has 0 amide bonds. The Bertz CT molecular complexity index is 397. The second kappa shape index (κ2) is 6.28. The molecule has 16 heavy (non-hydrogen) atoms. The van der Waals surface area contributed by atoms with Gasteiger partial charge in [0, 0.05) is 11.3 Å². The lowest BCUT2D eigenvalue weighted by atomic mass is 10.1. The highest BCUT2D eigenvalue weighted by Crippen LogP contribution is 2.32. The van der Waals surface area contributed by atoms with Gasteiger partial charge in [-0.3, -0.25) is 0 Å². The minimum Gasteiger partial charge on any atom is -0.504 e. The van der Waals surface area contributed by atoms with E-state index >= 15 is 0 Å². The number of allylic oxidation sites excluding steroid dienone is 1.